The number of nitrogens with one attached hydrogen (secondary N) is 1. The summed E-state index contributed by atoms with van der Waals surface area (Å²) in [4.78, 5) is 4.41. The number of pyridine rings is 1. The van der Waals surface area contributed by atoms with E-state index in [4.69, 9.17) is 4.74 Å². The number of piperidine rings is 1. The van der Waals surface area contributed by atoms with Crippen molar-refractivity contribution in [3.05, 3.63) is 36.5 Å². The van der Waals surface area contributed by atoms with Crippen LogP contribution in [-0.2, 0) is 0 Å². The van der Waals surface area contributed by atoms with Gasteiger partial charge in [-0.15, -0.1) is 0 Å². The highest BCUT2D eigenvalue weighted by Crippen LogP contribution is 2.23. The summed E-state index contributed by atoms with van der Waals surface area (Å²) in [5.74, 6) is 0.897. The van der Waals surface area contributed by atoms with Crippen LogP contribution in [0.15, 0.2) is 36.5 Å². The first kappa shape index (κ1) is 12.4. The number of aromatic nitrogens is 1. The monoisotopic (exact) mass is 256 g/mol. The van der Waals surface area contributed by atoms with Gasteiger partial charge >= 0.3 is 0 Å². The molecule has 3 heteroatoms. The summed E-state index contributed by atoms with van der Waals surface area (Å²) in [5.41, 5.74) is 0.960. The molecule has 0 bridgehead atoms. The number of rotatable bonds is 4. The minimum atomic E-state index is 0.622. The molecule has 1 atom stereocenters. The van der Waals surface area contributed by atoms with Gasteiger partial charge < -0.3 is 10.1 Å². The summed E-state index contributed by atoms with van der Waals surface area (Å²) < 4.78 is 5.92. The zero-order valence-electron chi connectivity index (χ0n) is 11.1. The van der Waals surface area contributed by atoms with Crippen LogP contribution in [0.1, 0.15) is 25.7 Å². The third kappa shape index (κ3) is 3.04. The number of hydrogen-bond donors (Lipinski definition) is 1. The molecular weight excluding hydrogens is 236 g/mol. The Morgan fingerprint density at radius 3 is 3.05 bits per heavy atom. The van der Waals surface area contributed by atoms with Gasteiger partial charge in [0.05, 0.1) is 6.61 Å². The van der Waals surface area contributed by atoms with E-state index in [9.17, 15) is 0 Å². The predicted molar refractivity (Wildman–Crippen MR) is 77.5 cm³/mol. The Morgan fingerprint density at radius 1 is 1.21 bits per heavy atom. The van der Waals surface area contributed by atoms with Crippen LogP contribution in [0, 0.1) is 0 Å². The average molecular weight is 256 g/mol. The second-order valence-electron chi connectivity index (χ2n) is 5.12. The van der Waals surface area contributed by atoms with Gasteiger partial charge in [0.1, 0.15) is 11.3 Å². The first-order chi connectivity index (χ1) is 9.43. The number of hydrogen-bond acceptors (Lipinski definition) is 3. The molecule has 0 aliphatic carbocycles. The highest BCUT2D eigenvalue weighted by atomic mass is 16.5. The number of ether oxygens (including phenoxy) is 1. The molecule has 1 aliphatic rings. The van der Waals surface area contributed by atoms with Gasteiger partial charge in [-0.25, -0.2) is 0 Å². The molecule has 3 nitrogen and oxygen atoms in total. The van der Waals surface area contributed by atoms with Gasteiger partial charge in [0.25, 0.3) is 0 Å². The summed E-state index contributed by atoms with van der Waals surface area (Å²) >= 11 is 0. The van der Waals surface area contributed by atoms with Crippen molar-refractivity contribution < 1.29 is 4.74 Å². The van der Waals surface area contributed by atoms with E-state index in [0.717, 1.165) is 36.2 Å². The molecule has 3 rings (SSSR count). The van der Waals surface area contributed by atoms with Gasteiger partial charge in [-0.1, -0.05) is 24.6 Å². The van der Waals surface area contributed by atoms with Gasteiger partial charge in [-0.2, -0.15) is 0 Å². The number of fused-ring (bicyclic) bond motifs is 1. The average Bonchev–Trinajstić information content (AvgIpc) is 2.49. The van der Waals surface area contributed by atoms with E-state index in [1.807, 2.05) is 24.4 Å². The zero-order valence-corrected chi connectivity index (χ0v) is 11.1. The molecule has 1 aliphatic heterocycles. The summed E-state index contributed by atoms with van der Waals surface area (Å²) in [6.07, 6.45) is 6.82. The number of para-hydroxylation sites is 1. The molecule has 1 unspecified atom stereocenters. The van der Waals surface area contributed by atoms with E-state index >= 15 is 0 Å². The largest absolute Gasteiger partial charge is 0.491 e. The number of benzene rings is 1. The van der Waals surface area contributed by atoms with Crippen LogP contribution in [0.25, 0.3) is 10.9 Å². The van der Waals surface area contributed by atoms with Crippen molar-refractivity contribution >= 4 is 10.9 Å². The van der Waals surface area contributed by atoms with Gasteiger partial charge in [0.2, 0.25) is 0 Å². The molecule has 0 spiro atoms. The molecule has 1 aromatic heterocycles. The summed E-state index contributed by atoms with van der Waals surface area (Å²) in [6, 6.07) is 10.7. The summed E-state index contributed by atoms with van der Waals surface area (Å²) in [5, 5.41) is 4.68. The molecule has 0 amide bonds. The lowest BCUT2D eigenvalue weighted by Crippen LogP contribution is -2.35. The molecular formula is C16H20N2O. The Kier molecular flexibility index (Phi) is 3.94. The first-order valence-corrected chi connectivity index (χ1v) is 7.13. The maximum absolute atomic E-state index is 5.92. The van der Waals surface area contributed by atoms with Crippen molar-refractivity contribution in [3.63, 3.8) is 0 Å². The van der Waals surface area contributed by atoms with Crippen LogP contribution < -0.4 is 10.1 Å². The molecule has 1 aromatic carbocycles. The predicted octanol–water partition coefficient (Wildman–Crippen LogP) is 3.15. The van der Waals surface area contributed by atoms with Crippen molar-refractivity contribution in [2.24, 2.45) is 0 Å². The molecule has 2 heterocycles. The molecule has 1 N–H and O–H groups in total. The van der Waals surface area contributed by atoms with E-state index < -0.39 is 0 Å². The molecule has 100 valence electrons. The van der Waals surface area contributed by atoms with E-state index in [1.54, 1.807) is 0 Å². The Morgan fingerprint density at radius 2 is 2.16 bits per heavy atom. The Bertz CT molecular complexity index is 530. The quantitative estimate of drug-likeness (QED) is 0.912. The second kappa shape index (κ2) is 6.02. The van der Waals surface area contributed by atoms with Crippen molar-refractivity contribution in [1.82, 2.24) is 10.3 Å². The van der Waals surface area contributed by atoms with E-state index in [0.29, 0.717) is 6.04 Å². The molecule has 0 saturated carbocycles. The maximum Gasteiger partial charge on any atom is 0.145 e. The smallest absolute Gasteiger partial charge is 0.145 e. The van der Waals surface area contributed by atoms with E-state index in [2.05, 4.69) is 22.4 Å². The van der Waals surface area contributed by atoms with Crippen LogP contribution in [-0.4, -0.2) is 24.2 Å². The highest BCUT2D eigenvalue weighted by molar-refractivity contribution is 5.84. The minimum Gasteiger partial charge on any atom is -0.491 e. The van der Waals surface area contributed by atoms with Crippen molar-refractivity contribution in [1.29, 1.82) is 0 Å². The van der Waals surface area contributed by atoms with Crippen LogP contribution >= 0.6 is 0 Å². The molecule has 19 heavy (non-hydrogen) atoms. The summed E-state index contributed by atoms with van der Waals surface area (Å²) in [6.45, 7) is 1.91. The number of nitrogens with zero attached hydrogens (tertiary/aromatic N) is 1. The maximum atomic E-state index is 5.92. The van der Waals surface area contributed by atoms with Crippen LogP contribution in [0.4, 0.5) is 0 Å². The van der Waals surface area contributed by atoms with E-state index in [-0.39, 0.29) is 0 Å². The fourth-order valence-electron chi connectivity index (χ4n) is 2.67. The topological polar surface area (TPSA) is 34.1 Å². The lowest BCUT2D eigenvalue weighted by Gasteiger charge is -2.23. The minimum absolute atomic E-state index is 0.622. The Labute approximate surface area is 114 Å². The van der Waals surface area contributed by atoms with Gasteiger partial charge in [-0.05, 0) is 37.9 Å². The Hall–Kier alpha value is -1.61. The van der Waals surface area contributed by atoms with E-state index in [1.165, 1.54) is 19.3 Å². The SMILES string of the molecule is c1cnc2c(OCCC3CCCCN3)cccc2c1. The van der Waals surface area contributed by atoms with Crippen molar-refractivity contribution in [2.75, 3.05) is 13.2 Å². The van der Waals surface area contributed by atoms with Crippen LogP contribution in [0.5, 0.6) is 5.75 Å². The lowest BCUT2D eigenvalue weighted by molar-refractivity contribution is 0.270. The van der Waals surface area contributed by atoms with Gasteiger partial charge in [-0.3, -0.25) is 4.98 Å². The normalized spacial score (nSPS) is 19.5. The fourth-order valence-corrected chi connectivity index (χ4v) is 2.67. The molecule has 1 saturated heterocycles. The zero-order chi connectivity index (χ0) is 12.9. The van der Waals surface area contributed by atoms with Gasteiger partial charge in [0, 0.05) is 17.6 Å². The highest BCUT2D eigenvalue weighted by Gasteiger charge is 2.12. The van der Waals surface area contributed by atoms with Crippen molar-refractivity contribution in [3.8, 4) is 5.75 Å². The second-order valence-corrected chi connectivity index (χ2v) is 5.12. The standard InChI is InChI=1S/C16H20N2O/c1-2-10-17-14(7-1)9-12-19-15-8-3-5-13-6-4-11-18-16(13)15/h3-6,8,11,14,17H,1-2,7,9-10,12H2. The van der Waals surface area contributed by atoms with Crippen LogP contribution in [0.3, 0.4) is 0 Å². The molecule has 0 radical (unpaired) electrons. The molecule has 1 fully saturated rings. The van der Waals surface area contributed by atoms with Crippen LogP contribution in [0.2, 0.25) is 0 Å². The fraction of sp³-hybridized carbons (Fsp3) is 0.438. The van der Waals surface area contributed by atoms with Gasteiger partial charge in [0.15, 0.2) is 0 Å². The summed E-state index contributed by atoms with van der Waals surface area (Å²) in [7, 11) is 0. The third-order valence-electron chi connectivity index (χ3n) is 3.73. The first-order valence-electron chi connectivity index (χ1n) is 7.13. The molecule has 2 aromatic rings. The third-order valence-corrected chi connectivity index (χ3v) is 3.73. The Balaban J connectivity index is 1.62. The lowest BCUT2D eigenvalue weighted by atomic mass is 10.0. The van der Waals surface area contributed by atoms with Crippen molar-refractivity contribution in [2.45, 2.75) is 31.7 Å².